The molecule has 0 bridgehead atoms. The molecule has 1 aromatic carbocycles. The average molecular weight is 260 g/mol. The lowest BCUT2D eigenvalue weighted by Crippen LogP contribution is -2.42. The van der Waals surface area contributed by atoms with Gasteiger partial charge in [-0.2, -0.15) is 0 Å². The summed E-state index contributed by atoms with van der Waals surface area (Å²) < 4.78 is 0. The largest absolute Gasteiger partial charge is 0.323 e. The summed E-state index contributed by atoms with van der Waals surface area (Å²) in [5.41, 5.74) is 9.12. The van der Waals surface area contributed by atoms with Crippen molar-refractivity contribution in [2.45, 2.75) is 58.7 Å². The van der Waals surface area contributed by atoms with Gasteiger partial charge in [0.1, 0.15) is 0 Å². The van der Waals surface area contributed by atoms with Crippen LogP contribution in [0.5, 0.6) is 0 Å². The van der Waals surface area contributed by atoms with Crippen LogP contribution in [0.1, 0.15) is 51.3 Å². The normalized spacial score (nSPS) is 27.4. The van der Waals surface area contributed by atoms with E-state index in [9.17, 15) is 0 Å². The van der Waals surface area contributed by atoms with E-state index >= 15 is 0 Å². The van der Waals surface area contributed by atoms with E-state index in [1.165, 1.54) is 24.1 Å². The van der Waals surface area contributed by atoms with Gasteiger partial charge in [0.25, 0.3) is 0 Å². The zero-order valence-electron chi connectivity index (χ0n) is 12.8. The van der Waals surface area contributed by atoms with E-state index in [2.05, 4.69) is 56.9 Å². The number of likely N-dealkylation sites (tertiary alicyclic amines) is 1. The maximum Gasteiger partial charge on any atom is 0.0450 e. The Morgan fingerprint density at radius 1 is 1.26 bits per heavy atom. The Morgan fingerprint density at radius 2 is 1.89 bits per heavy atom. The van der Waals surface area contributed by atoms with Crippen molar-refractivity contribution in [2.24, 2.45) is 11.7 Å². The molecule has 1 aromatic rings. The summed E-state index contributed by atoms with van der Waals surface area (Å²) in [7, 11) is 0. The molecule has 0 saturated carbocycles. The molecule has 106 valence electrons. The fourth-order valence-electron chi connectivity index (χ4n) is 3.36. The minimum absolute atomic E-state index is 0.110. The number of nitrogens with zero attached hydrogens (tertiary/aromatic N) is 1. The van der Waals surface area contributed by atoms with Gasteiger partial charge in [0.15, 0.2) is 0 Å². The first-order valence-corrected chi connectivity index (χ1v) is 7.63. The lowest BCUT2D eigenvalue weighted by molar-refractivity contribution is 0.175. The average Bonchev–Trinajstić information content (AvgIpc) is 2.76. The zero-order chi connectivity index (χ0) is 14.0. The molecular weight excluding hydrogens is 232 g/mol. The van der Waals surface area contributed by atoms with E-state index in [1.54, 1.807) is 0 Å². The molecule has 0 amide bonds. The number of hydrogen-bond donors (Lipinski definition) is 1. The van der Waals surface area contributed by atoms with Gasteiger partial charge in [-0.1, -0.05) is 38.1 Å². The third-order valence-electron chi connectivity index (χ3n) is 4.65. The van der Waals surface area contributed by atoms with Crippen LogP contribution in [0.25, 0.3) is 0 Å². The minimum Gasteiger partial charge on any atom is -0.323 e. The lowest BCUT2D eigenvalue weighted by atomic mass is 9.98. The summed E-state index contributed by atoms with van der Waals surface area (Å²) in [4.78, 5) is 2.57. The van der Waals surface area contributed by atoms with Crippen LogP contribution in [0.2, 0.25) is 0 Å². The Hall–Kier alpha value is -0.860. The molecule has 2 heteroatoms. The third kappa shape index (κ3) is 3.18. The highest BCUT2D eigenvalue weighted by atomic mass is 15.2. The second kappa shape index (κ2) is 6.06. The van der Waals surface area contributed by atoms with E-state index in [0.717, 1.165) is 12.3 Å². The molecule has 1 fully saturated rings. The smallest absolute Gasteiger partial charge is 0.0450 e. The molecule has 2 nitrogen and oxygen atoms in total. The maximum absolute atomic E-state index is 6.48. The summed E-state index contributed by atoms with van der Waals surface area (Å²) in [5, 5.41) is 0. The van der Waals surface area contributed by atoms with Gasteiger partial charge in [-0.05, 0) is 43.7 Å². The first kappa shape index (κ1) is 14.5. The van der Waals surface area contributed by atoms with Crippen molar-refractivity contribution in [1.29, 1.82) is 0 Å². The van der Waals surface area contributed by atoms with Crippen LogP contribution in [0, 0.1) is 5.92 Å². The van der Waals surface area contributed by atoms with Crippen LogP contribution in [-0.4, -0.2) is 23.5 Å². The quantitative estimate of drug-likeness (QED) is 0.899. The van der Waals surface area contributed by atoms with E-state index < -0.39 is 0 Å². The van der Waals surface area contributed by atoms with Crippen LogP contribution >= 0.6 is 0 Å². The van der Waals surface area contributed by atoms with Gasteiger partial charge in [0, 0.05) is 24.7 Å². The highest BCUT2D eigenvalue weighted by Crippen LogP contribution is 2.29. The van der Waals surface area contributed by atoms with Gasteiger partial charge in [0.2, 0.25) is 0 Å². The summed E-state index contributed by atoms with van der Waals surface area (Å²) in [5.74, 6) is 0.798. The van der Waals surface area contributed by atoms with Crippen molar-refractivity contribution < 1.29 is 0 Å². The Labute approximate surface area is 118 Å². The molecule has 2 rings (SSSR count). The summed E-state index contributed by atoms with van der Waals surface area (Å²) in [6.45, 7) is 10.3. The van der Waals surface area contributed by atoms with Crippen LogP contribution in [-0.2, 0) is 6.42 Å². The molecule has 0 aliphatic carbocycles. The zero-order valence-corrected chi connectivity index (χ0v) is 12.8. The molecule has 0 spiro atoms. The number of benzene rings is 1. The van der Waals surface area contributed by atoms with Crippen LogP contribution < -0.4 is 5.73 Å². The second-order valence-electron chi connectivity index (χ2n) is 6.25. The minimum atomic E-state index is 0.110. The van der Waals surface area contributed by atoms with Gasteiger partial charge in [-0.15, -0.1) is 0 Å². The van der Waals surface area contributed by atoms with Crippen molar-refractivity contribution in [3.8, 4) is 0 Å². The summed E-state index contributed by atoms with van der Waals surface area (Å²) in [6.07, 6.45) is 2.39. The van der Waals surface area contributed by atoms with E-state index in [0.29, 0.717) is 12.1 Å². The van der Waals surface area contributed by atoms with Crippen LogP contribution in [0.4, 0.5) is 0 Å². The monoisotopic (exact) mass is 260 g/mol. The van der Waals surface area contributed by atoms with Gasteiger partial charge in [0.05, 0.1) is 0 Å². The summed E-state index contributed by atoms with van der Waals surface area (Å²) >= 11 is 0. The predicted octanol–water partition coefficient (Wildman–Crippen LogP) is 3.37. The molecule has 1 aliphatic rings. The Morgan fingerprint density at radius 3 is 2.37 bits per heavy atom. The van der Waals surface area contributed by atoms with Crippen molar-refractivity contribution in [3.05, 3.63) is 35.4 Å². The third-order valence-corrected chi connectivity index (χ3v) is 4.65. The molecule has 1 heterocycles. The van der Waals surface area contributed by atoms with Crippen LogP contribution in [0.3, 0.4) is 0 Å². The first-order valence-electron chi connectivity index (χ1n) is 7.63. The second-order valence-corrected chi connectivity index (χ2v) is 6.25. The van der Waals surface area contributed by atoms with Gasteiger partial charge >= 0.3 is 0 Å². The molecule has 1 saturated heterocycles. The van der Waals surface area contributed by atoms with Crippen molar-refractivity contribution in [2.75, 3.05) is 6.54 Å². The Kier molecular flexibility index (Phi) is 4.64. The number of aryl methyl sites for hydroxylation is 1. The first-order chi connectivity index (χ1) is 9.02. The number of nitrogens with two attached hydrogens (primary N) is 1. The maximum atomic E-state index is 6.48. The highest BCUT2D eigenvalue weighted by Gasteiger charge is 2.32. The van der Waals surface area contributed by atoms with E-state index in [1.807, 2.05) is 0 Å². The molecule has 19 heavy (non-hydrogen) atoms. The van der Waals surface area contributed by atoms with Gasteiger partial charge in [-0.25, -0.2) is 0 Å². The van der Waals surface area contributed by atoms with Crippen LogP contribution in [0.15, 0.2) is 24.3 Å². The molecule has 0 radical (unpaired) electrons. The molecule has 2 N–H and O–H groups in total. The van der Waals surface area contributed by atoms with Crippen molar-refractivity contribution in [1.82, 2.24) is 4.90 Å². The Balaban J connectivity index is 2.07. The molecule has 1 aliphatic heterocycles. The van der Waals surface area contributed by atoms with E-state index in [-0.39, 0.29) is 6.04 Å². The molecule has 4 unspecified atom stereocenters. The fourth-order valence-corrected chi connectivity index (χ4v) is 3.36. The van der Waals surface area contributed by atoms with Gasteiger partial charge < -0.3 is 5.73 Å². The van der Waals surface area contributed by atoms with Crippen molar-refractivity contribution in [3.63, 3.8) is 0 Å². The lowest BCUT2D eigenvalue weighted by Gasteiger charge is -2.33. The number of hydrogen-bond acceptors (Lipinski definition) is 2. The SMILES string of the molecule is CCc1ccc(C(N)C(C)N2CC(C)CC2C)cc1. The fraction of sp³-hybridized carbons (Fsp3) is 0.647. The predicted molar refractivity (Wildman–Crippen MR) is 82.2 cm³/mol. The topological polar surface area (TPSA) is 29.3 Å². The number of rotatable bonds is 4. The summed E-state index contributed by atoms with van der Waals surface area (Å²) in [6, 6.07) is 9.99. The molecule has 0 aromatic heterocycles. The van der Waals surface area contributed by atoms with Crippen molar-refractivity contribution >= 4 is 0 Å². The van der Waals surface area contributed by atoms with E-state index in [4.69, 9.17) is 5.73 Å². The molecule has 4 atom stereocenters. The molecular formula is C17H28N2. The standard InChI is InChI=1S/C17H28N2/c1-5-15-6-8-16(9-7-15)17(18)14(4)19-11-12(2)10-13(19)3/h6-9,12-14,17H,5,10-11,18H2,1-4H3. The van der Waals surface area contributed by atoms with Gasteiger partial charge in [-0.3, -0.25) is 4.90 Å². The highest BCUT2D eigenvalue weighted by molar-refractivity contribution is 5.25. The Bertz CT molecular complexity index is 398.